The van der Waals surface area contributed by atoms with Crippen LogP contribution in [-0.2, 0) is 0 Å². The molecule has 0 saturated heterocycles. The van der Waals surface area contributed by atoms with E-state index >= 15 is 0 Å². The molecular formula is C21H17NO. The van der Waals surface area contributed by atoms with Gasteiger partial charge in [0, 0.05) is 17.3 Å². The molecule has 0 unspecified atom stereocenters. The molecule has 0 aliphatic carbocycles. The summed E-state index contributed by atoms with van der Waals surface area (Å²) in [7, 11) is 0. The summed E-state index contributed by atoms with van der Waals surface area (Å²) in [5.74, 6) is 0.285. The number of hydrogen-bond donors (Lipinski definition) is 1. The van der Waals surface area contributed by atoms with Gasteiger partial charge in [-0.25, -0.2) is 0 Å². The molecule has 2 nitrogen and oxygen atoms in total. The molecule has 4 rings (SSSR count). The number of pyridine rings is 1. The maximum Gasteiger partial charge on any atom is 0.115 e. The van der Waals surface area contributed by atoms with Gasteiger partial charge >= 0.3 is 0 Å². The number of phenolic OH excluding ortho intramolecular Hbond substituents is 1. The fourth-order valence-corrected chi connectivity index (χ4v) is 3.23. The molecule has 0 fully saturated rings. The lowest BCUT2D eigenvalue weighted by molar-refractivity contribution is 0.475. The van der Waals surface area contributed by atoms with Crippen LogP contribution in [0.5, 0.6) is 5.75 Å². The quantitative estimate of drug-likeness (QED) is 0.534. The van der Waals surface area contributed by atoms with Gasteiger partial charge in [-0.2, -0.15) is 0 Å². The van der Waals surface area contributed by atoms with Gasteiger partial charge in [-0.1, -0.05) is 36.4 Å². The molecule has 112 valence electrons. The predicted octanol–water partition coefficient (Wildman–Crippen LogP) is 5.29. The molecule has 2 aromatic heterocycles. The normalized spacial score (nSPS) is 11.0. The molecule has 0 amide bonds. The van der Waals surface area contributed by atoms with Crippen LogP contribution in [0.25, 0.3) is 27.9 Å². The zero-order valence-corrected chi connectivity index (χ0v) is 12.9. The molecule has 2 aromatic carbocycles. The van der Waals surface area contributed by atoms with Crippen LogP contribution in [0.3, 0.4) is 0 Å². The summed E-state index contributed by atoms with van der Waals surface area (Å²) in [5, 5.41) is 9.60. The summed E-state index contributed by atoms with van der Waals surface area (Å²) >= 11 is 0. The summed E-state index contributed by atoms with van der Waals surface area (Å²) in [6, 6.07) is 24.1. The summed E-state index contributed by atoms with van der Waals surface area (Å²) in [6.45, 7) is 2.17. The number of nitrogens with zero attached hydrogens (tertiary/aromatic N) is 1. The largest absolute Gasteiger partial charge is 0.508 e. The van der Waals surface area contributed by atoms with E-state index in [1.807, 2.05) is 24.3 Å². The maximum absolute atomic E-state index is 9.60. The Morgan fingerprint density at radius 1 is 0.739 bits per heavy atom. The highest BCUT2D eigenvalue weighted by atomic mass is 16.3. The molecule has 23 heavy (non-hydrogen) atoms. The van der Waals surface area contributed by atoms with Gasteiger partial charge < -0.3 is 9.51 Å². The van der Waals surface area contributed by atoms with Crippen LogP contribution >= 0.6 is 0 Å². The number of aryl methyl sites for hydroxylation is 1. The van der Waals surface area contributed by atoms with Crippen molar-refractivity contribution in [2.45, 2.75) is 6.92 Å². The number of fused-ring (bicyclic) bond motifs is 1. The summed E-state index contributed by atoms with van der Waals surface area (Å²) < 4.78 is 2.23. The minimum atomic E-state index is 0.285. The Labute approximate surface area is 135 Å². The predicted molar refractivity (Wildman–Crippen MR) is 94.7 cm³/mol. The molecule has 0 atom stereocenters. The monoisotopic (exact) mass is 299 g/mol. The average molecular weight is 299 g/mol. The van der Waals surface area contributed by atoms with E-state index in [-0.39, 0.29) is 5.75 Å². The third-order valence-corrected chi connectivity index (χ3v) is 4.30. The van der Waals surface area contributed by atoms with E-state index in [0.717, 1.165) is 11.3 Å². The molecule has 0 spiro atoms. The number of hydrogen-bond acceptors (Lipinski definition) is 1. The van der Waals surface area contributed by atoms with E-state index in [4.69, 9.17) is 0 Å². The van der Waals surface area contributed by atoms with Crippen molar-refractivity contribution in [2.75, 3.05) is 0 Å². The van der Waals surface area contributed by atoms with E-state index in [1.54, 1.807) is 12.1 Å². The van der Waals surface area contributed by atoms with E-state index in [1.165, 1.54) is 22.2 Å². The average Bonchev–Trinajstić information content (AvgIpc) is 2.90. The molecule has 0 aliphatic heterocycles. The lowest BCUT2D eigenvalue weighted by Gasteiger charge is -2.08. The lowest BCUT2D eigenvalue weighted by Crippen LogP contribution is -1.88. The van der Waals surface area contributed by atoms with E-state index in [2.05, 4.69) is 53.9 Å². The molecule has 0 saturated carbocycles. The number of benzene rings is 2. The van der Waals surface area contributed by atoms with Crippen molar-refractivity contribution in [3.63, 3.8) is 0 Å². The first-order chi connectivity index (χ1) is 11.3. The summed E-state index contributed by atoms with van der Waals surface area (Å²) in [4.78, 5) is 0. The number of rotatable bonds is 2. The zero-order valence-electron chi connectivity index (χ0n) is 12.9. The SMILES string of the molecule is Cc1c(-c2ccccc2)c(-c2ccc(O)cc2)n2ccccc12. The number of phenols is 1. The van der Waals surface area contributed by atoms with Crippen LogP contribution in [-0.4, -0.2) is 9.51 Å². The van der Waals surface area contributed by atoms with Crippen LogP contribution in [0.4, 0.5) is 0 Å². The van der Waals surface area contributed by atoms with Crippen LogP contribution < -0.4 is 0 Å². The minimum Gasteiger partial charge on any atom is -0.508 e. The number of aromatic hydroxyl groups is 1. The Balaban J connectivity index is 2.10. The van der Waals surface area contributed by atoms with Gasteiger partial charge in [-0.05, 0) is 60.0 Å². The maximum atomic E-state index is 9.60. The van der Waals surface area contributed by atoms with Crippen molar-refractivity contribution in [3.05, 3.63) is 84.6 Å². The second-order valence-electron chi connectivity index (χ2n) is 5.72. The zero-order chi connectivity index (χ0) is 15.8. The smallest absolute Gasteiger partial charge is 0.115 e. The minimum absolute atomic E-state index is 0.285. The Kier molecular flexibility index (Phi) is 3.16. The molecule has 2 heterocycles. The van der Waals surface area contributed by atoms with Crippen LogP contribution in [0.1, 0.15) is 5.56 Å². The lowest BCUT2D eigenvalue weighted by atomic mass is 9.98. The van der Waals surface area contributed by atoms with Gasteiger partial charge in [0.15, 0.2) is 0 Å². The van der Waals surface area contributed by atoms with Crippen molar-refractivity contribution >= 4 is 5.52 Å². The van der Waals surface area contributed by atoms with Gasteiger partial charge in [0.05, 0.1) is 5.69 Å². The fraction of sp³-hybridized carbons (Fsp3) is 0.0476. The van der Waals surface area contributed by atoms with Crippen LogP contribution in [0, 0.1) is 6.92 Å². The van der Waals surface area contributed by atoms with Crippen molar-refractivity contribution in [3.8, 4) is 28.1 Å². The number of aromatic nitrogens is 1. The van der Waals surface area contributed by atoms with Crippen LogP contribution in [0.15, 0.2) is 79.0 Å². The van der Waals surface area contributed by atoms with Gasteiger partial charge in [0.25, 0.3) is 0 Å². The van der Waals surface area contributed by atoms with Gasteiger partial charge in [-0.3, -0.25) is 0 Å². The van der Waals surface area contributed by atoms with Crippen molar-refractivity contribution in [1.82, 2.24) is 4.40 Å². The van der Waals surface area contributed by atoms with Crippen molar-refractivity contribution < 1.29 is 5.11 Å². The Hall–Kier alpha value is -3.00. The second-order valence-corrected chi connectivity index (χ2v) is 5.72. The first-order valence-corrected chi connectivity index (χ1v) is 7.70. The Morgan fingerprint density at radius 3 is 2.17 bits per heavy atom. The molecule has 2 heteroatoms. The highest BCUT2D eigenvalue weighted by Crippen LogP contribution is 2.39. The summed E-state index contributed by atoms with van der Waals surface area (Å²) in [6.07, 6.45) is 2.09. The molecule has 0 radical (unpaired) electrons. The van der Waals surface area contributed by atoms with Gasteiger partial charge in [0.2, 0.25) is 0 Å². The van der Waals surface area contributed by atoms with E-state index in [0.29, 0.717) is 0 Å². The van der Waals surface area contributed by atoms with E-state index < -0.39 is 0 Å². The standard InChI is InChI=1S/C21H17NO/c1-15-19-9-5-6-14-22(19)21(17-10-12-18(23)13-11-17)20(15)16-7-3-2-4-8-16/h2-14,23H,1H3. The molecule has 0 bridgehead atoms. The third-order valence-electron chi connectivity index (χ3n) is 4.30. The molecule has 4 aromatic rings. The van der Waals surface area contributed by atoms with Crippen LogP contribution in [0.2, 0.25) is 0 Å². The first-order valence-electron chi connectivity index (χ1n) is 7.70. The summed E-state index contributed by atoms with van der Waals surface area (Å²) in [5.41, 5.74) is 7.16. The van der Waals surface area contributed by atoms with E-state index in [9.17, 15) is 5.11 Å². The second kappa shape index (κ2) is 5.33. The van der Waals surface area contributed by atoms with Gasteiger partial charge in [0.1, 0.15) is 5.75 Å². The highest BCUT2D eigenvalue weighted by Gasteiger charge is 2.17. The van der Waals surface area contributed by atoms with Gasteiger partial charge in [-0.15, -0.1) is 0 Å². The first kappa shape index (κ1) is 13.6. The molecule has 1 N–H and O–H groups in total. The topological polar surface area (TPSA) is 24.6 Å². The molecular weight excluding hydrogens is 282 g/mol. The van der Waals surface area contributed by atoms with Crippen molar-refractivity contribution in [1.29, 1.82) is 0 Å². The highest BCUT2D eigenvalue weighted by molar-refractivity contribution is 5.90. The fourth-order valence-electron chi connectivity index (χ4n) is 3.23. The van der Waals surface area contributed by atoms with Crippen molar-refractivity contribution in [2.24, 2.45) is 0 Å². The third kappa shape index (κ3) is 2.20. The molecule has 0 aliphatic rings. The Bertz CT molecular complexity index is 966. The Morgan fingerprint density at radius 2 is 1.43 bits per heavy atom.